The normalized spacial score (nSPS) is 9.45. The average molecular weight is 300 g/mol. The Hall–Kier alpha value is -2.62. The Morgan fingerprint density at radius 2 is 1.73 bits per heavy atom. The van der Waals surface area contributed by atoms with Crippen LogP contribution in [0.4, 0.5) is 15.8 Å². The molecule has 22 heavy (non-hydrogen) atoms. The van der Waals surface area contributed by atoms with Crippen molar-refractivity contribution in [2.75, 3.05) is 11.1 Å². The molecule has 2 aromatic carbocycles. The number of nitrogen functional groups attached to an aromatic ring is 1. The van der Waals surface area contributed by atoms with E-state index < -0.39 is 0 Å². The summed E-state index contributed by atoms with van der Waals surface area (Å²) in [6, 6.07) is 11.2. The lowest BCUT2D eigenvalue weighted by atomic mass is 9.97. The summed E-state index contributed by atoms with van der Waals surface area (Å²) in [7, 11) is 0. The predicted octanol–water partition coefficient (Wildman–Crippen LogP) is 4.45. The topological polar surface area (TPSA) is 55.1 Å². The van der Waals surface area contributed by atoms with Crippen molar-refractivity contribution in [2.24, 2.45) is 0 Å². The summed E-state index contributed by atoms with van der Waals surface area (Å²) in [5, 5.41) is 2.69. The van der Waals surface area contributed by atoms with Crippen molar-refractivity contribution in [3.8, 4) is 0 Å². The summed E-state index contributed by atoms with van der Waals surface area (Å²) in [4.78, 5) is 11.1. The zero-order valence-corrected chi connectivity index (χ0v) is 13.1. The Morgan fingerprint density at radius 3 is 2.27 bits per heavy atom. The summed E-state index contributed by atoms with van der Waals surface area (Å²) in [6.07, 6.45) is 0. The number of hydrogen-bond acceptors (Lipinski definition) is 2. The second-order valence-electron chi connectivity index (χ2n) is 4.47. The molecule has 0 aliphatic rings. The van der Waals surface area contributed by atoms with Crippen LogP contribution in [0.25, 0.3) is 5.57 Å². The SMILES string of the molecule is C=C(c1ccc(F)cc1)c1cc(NC(C)=O)ccc1N.CC. The predicted molar refractivity (Wildman–Crippen MR) is 91.0 cm³/mol. The number of carbonyl (C=O) groups is 1. The first kappa shape index (κ1) is 17.4. The van der Waals surface area contributed by atoms with E-state index in [0.29, 0.717) is 22.5 Å². The molecule has 0 spiro atoms. The van der Waals surface area contributed by atoms with Gasteiger partial charge >= 0.3 is 0 Å². The molecule has 0 aliphatic carbocycles. The highest BCUT2D eigenvalue weighted by atomic mass is 19.1. The number of rotatable bonds is 3. The first-order valence-electron chi connectivity index (χ1n) is 7.09. The molecule has 0 unspecified atom stereocenters. The Kier molecular flexibility index (Phi) is 6.32. The Labute approximate surface area is 130 Å². The van der Waals surface area contributed by atoms with Crippen molar-refractivity contribution in [1.29, 1.82) is 0 Å². The third-order valence-electron chi connectivity index (χ3n) is 2.89. The van der Waals surface area contributed by atoms with E-state index in [1.807, 2.05) is 13.8 Å². The van der Waals surface area contributed by atoms with Crippen LogP contribution in [0.5, 0.6) is 0 Å². The Bertz CT molecular complexity index is 663. The third-order valence-corrected chi connectivity index (χ3v) is 2.89. The first-order chi connectivity index (χ1) is 10.5. The Morgan fingerprint density at radius 1 is 1.14 bits per heavy atom. The lowest BCUT2D eigenvalue weighted by molar-refractivity contribution is -0.114. The van der Waals surface area contributed by atoms with Gasteiger partial charge in [0.2, 0.25) is 5.91 Å². The van der Waals surface area contributed by atoms with Crippen molar-refractivity contribution in [3.63, 3.8) is 0 Å². The summed E-state index contributed by atoms with van der Waals surface area (Å²) in [5.41, 5.74) is 9.30. The molecule has 3 nitrogen and oxygen atoms in total. The number of nitrogens with two attached hydrogens (primary N) is 1. The quantitative estimate of drug-likeness (QED) is 0.823. The molecule has 0 radical (unpaired) electrons. The maximum Gasteiger partial charge on any atom is 0.221 e. The smallest absolute Gasteiger partial charge is 0.221 e. The summed E-state index contributed by atoms with van der Waals surface area (Å²) in [5.74, 6) is -0.463. The molecule has 0 saturated carbocycles. The van der Waals surface area contributed by atoms with E-state index in [0.717, 1.165) is 5.56 Å². The molecular weight excluding hydrogens is 279 g/mol. The number of hydrogen-bond donors (Lipinski definition) is 2. The fourth-order valence-electron chi connectivity index (χ4n) is 1.91. The molecule has 0 heterocycles. The van der Waals surface area contributed by atoms with Crippen LogP contribution < -0.4 is 11.1 Å². The fourth-order valence-corrected chi connectivity index (χ4v) is 1.91. The van der Waals surface area contributed by atoms with Crippen LogP contribution in [0.1, 0.15) is 31.9 Å². The van der Waals surface area contributed by atoms with Gasteiger partial charge in [-0.3, -0.25) is 4.79 Å². The highest BCUT2D eigenvalue weighted by Gasteiger charge is 2.08. The first-order valence-corrected chi connectivity index (χ1v) is 7.09. The minimum atomic E-state index is -0.304. The lowest BCUT2D eigenvalue weighted by Gasteiger charge is -2.12. The van der Waals surface area contributed by atoms with E-state index in [4.69, 9.17) is 5.73 Å². The van der Waals surface area contributed by atoms with Gasteiger partial charge in [0.1, 0.15) is 5.82 Å². The van der Waals surface area contributed by atoms with Crippen LogP contribution in [0.2, 0.25) is 0 Å². The number of benzene rings is 2. The maximum atomic E-state index is 12.9. The van der Waals surface area contributed by atoms with Crippen molar-refractivity contribution >= 4 is 22.9 Å². The van der Waals surface area contributed by atoms with Gasteiger partial charge in [0.15, 0.2) is 0 Å². The molecule has 2 rings (SSSR count). The summed E-state index contributed by atoms with van der Waals surface area (Å²) in [6.45, 7) is 9.43. The van der Waals surface area contributed by atoms with Gasteiger partial charge in [-0.15, -0.1) is 0 Å². The molecule has 0 atom stereocenters. The molecule has 0 aromatic heterocycles. The van der Waals surface area contributed by atoms with Gasteiger partial charge in [-0.05, 0) is 41.5 Å². The van der Waals surface area contributed by atoms with Gasteiger partial charge in [-0.2, -0.15) is 0 Å². The van der Waals surface area contributed by atoms with E-state index in [9.17, 15) is 9.18 Å². The standard InChI is InChI=1S/C16H15FN2O.C2H6/c1-10(12-3-5-13(17)6-4-12)15-9-14(19-11(2)20)7-8-16(15)18;1-2/h3-9H,1,18H2,2H3,(H,19,20);1-2H3. The number of carbonyl (C=O) groups excluding carboxylic acids is 1. The second kappa shape index (κ2) is 7.98. The van der Waals surface area contributed by atoms with Crippen LogP contribution in [0.3, 0.4) is 0 Å². The zero-order chi connectivity index (χ0) is 16.7. The molecule has 0 aliphatic heterocycles. The van der Waals surface area contributed by atoms with Gasteiger partial charge in [0.25, 0.3) is 0 Å². The van der Waals surface area contributed by atoms with Crippen molar-refractivity contribution in [2.45, 2.75) is 20.8 Å². The van der Waals surface area contributed by atoms with Gasteiger partial charge in [0, 0.05) is 23.9 Å². The summed E-state index contributed by atoms with van der Waals surface area (Å²) < 4.78 is 12.9. The minimum absolute atomic E-state index is 0.159. The van der Waals surface area contributed by atoms with Crippen molar-refractivity contribution in [3.05, 3.63) is 66.0 Å². The van der Waals surface area contributed by atoms with Gasteiger partial charge in [-0.25, -0.2) is 4.39 Å². The second-order valence-corrected chi connectivity index (χ2v) is 4.47. The highest BCUT2D eigenvalue weighted by molar-refractivity contribution is 5.91. The Balaban J connectivity index is 0.00000116. The van der Waals surface area contributed by atoms with Gasteiger partial charge in [0.05, 0.1) is 0 Å². The van der Waals surface area contributed by atoms with Gasteiger partial charge < -0.3 is 11.1 Å². The highest BCUT2D eigenvalue weighted by Crippen LogP contribution is 2.29. The molecule has 0 fully saturated rings. The number of halogens is 1. The maximum absolute atomic E-state index is 12.9. The molecule has 0 saturated heterocycles. The van der Waals surface area contributed by atoms with E-state index >= 15 is 0 Å². The molecule has 1 amide bonds. The van der Waals surface area contributed by atoms with Crippen molar-refractivity contribution < 1.29 is 9.18 Å². The van der Waals surface area contributed by atoms with Crippen LogP contribution >= 0.6 is 0 Å². The number of nitrogens with one attached hydrogen (secondary N) is 1. The molecule has 0 bridgehead atoms. The number of amides is 1. The third kappa shape index (κ3) is 4.45. The van der Waals surface area contributed by atoms with E-state index in [1.54, 1.807) is 30.3 Å². The zero-order valence-electron chi connectivity index (χ0n) is 13.1. The monoisotopic (exact) mass is 300 g/mol. The van der Waals surface area contributed by atoms with Crippen LogP contribution in [-0.4, -0.2) is 5.91 Å². The largest absolute Gasteiger partial charge is 0.398 e. The van der Waals surface area contributed by atoms with Crippen LogP contribution in [0.15, 0.2) is 49.0 Å². The average Bonchev–Trinajstić information content (AvgIpc) is 2.51. The minimum Gasteiger partial charge on any atom is -0.398 e. The molecule has 116 valence electrons. The van der Waals surface area contributed by atoms with Gasteiger partial charge in [-0.1, -0.05) is 32.6 Å². The fraction of sp³-hybridized carbons (Fsp3) is 0.167. The molecule has 2 aromatic rings. The summed E-state index contributed by atoms with van der Waals surface area (Å²) >= 11 is 0. The molecular formula is C18H21FN2O. The van der Waals surface area contributed by atoms with Crippen LogP contribution in [0, 0.1) is 5.82 Å². The molecule has 4 heteroatoms. The lowest BCUT2D eigenvalue weighted by Crippen LogP contribution is -2.06. The van der Waals surface area contributed by atoms with E-state index in [1.165, 1.54) is 19.1 Å². The van der Waals surface area contributed by atoms with Crippen LogP contribution in [-0.2, 0) is 4.79 Å². The molecule has 3 N–H and O–H groups in total. The van der Waals surface area contributed by atoms with E-state index in [-0.39, 0.29) is 11.7 Å². The number of anilines is 2. The van der Waals surface area contributed by atoms with E-state index in [2.05, 4.69) is 11.9 Å². The van der Waals surface area contributed by atoms with Crippen molar-refractivity contribution in [1.82, 2.24) is 0 Å².